The zero-order valence-corrected chi connectivity index (χ0v) is 16.6. The van der Waals surface area contributed by atoms with E-state index in [4.69, 9.17) is 4.74 Å². The molecule has 0 atom stereocenters. The maximum absolute atomic E-state index is 12.5. The average Bonchev–Trinajstić information content (AvgIpc) is 2.74. The lowest BCUT2D eigenvalue weighted by molar-refractivity contribution is -0.132. The van der Waals surface area contributed by atoms with Gasteiger partial charge in [-0.1, -0.05) is 30.3 Å². The van der Waals surface area contributed by atoms with Gasteiger partial charge in [0, 0.05) is 31.5 Å². The van der Waals surface area contributed by atoms with Gasteiger partial charge in [0.2, 0.25) is 5.91 Å². The van der Waals surface area contributed by atoms with E-state index in [1.54, 1.807) is 24.3 Å². The van der Waals surface area contributed by atoms with Gasteiger partial charge < -0.3 is 9.64 Å². The van der Waals surface area contributed by atoms with Gasteiger partial charge in [0.1, 0.15) is 5.75 Å². The van der Waals surface area contributed by atoms with Crippen molar-refractivity contribution in [2.75, 3.05) is 19.7 Å². The third-order valence-electron chi connectivity index (χ3n) is 5.39. The minimum Gasteiger partial charge on any atom is -0.494 e. The molecule has 4 nitrogen and oxygen atoms in total. The molecule has 2 aromatic carbocycles. The molecule has 1 aliphatic heterocycles. The van der Waals surface area contributed by atoms with Crippen LogP contribution in [0.3, 0.4) is 0 Å². The first-order chi connectivity index (χ1) is 13.7. The monoisotopic (exact) mass is 379 g/mol. The minimum absolute atomic E-state index is 0.00959. The summed E-state index contributed by atoms with van der Waals surface area (Å²) in [6, 6.07) is 17.7. The first-order valence-corrected chi connectivity index (χ1v) is 10.2. The molecule has 0 aliphatic carbocycles. The molecule has 1 fully saturated rings. The van der Waals surface area contributed by atoms with Crippen LogP contribution >= 0.6 is 0 Å². The zero-order chi connectivity index (χ0) is 19.8. The molecule has 1 aliphatic rings. The normalized spacial score (nSPS) is 14.7. The van der Waals surface area contributed by atoms with Gasteiger partial charge in [0.15, 0.2) is 5.78 Å². The Morgan fingerprint density at radius 1 is 0.964 bits per heavy atom. The molecule has 148 valence electrons. The standard InChI is InChI=1S/C24H29NO3/c1-2-28-22-10-8-21(9-11-22)23(26)12-13-24(27)25-16-14-20(15-17-25)18-19-6-4-3-5-7-19/h3-11,20H,2,12-18H2,1H3. The largest absolute Gasteiger partial charge is 0.494 e. The highest BCUT2D eigenvalue weighted by molar-refractivity contribution is 5.98. The highest BCUT2D eigenvalue weighted by Gasteiger charge is 2.23. The average molecular weight is 380 g/mol. The maximum atomic E-state index is 12.5. The quantitative estimate of drug-likeness (QED) is 0.633. The zero-order valence-electron chi connectivity index (χ0n) is 16.6. The lowest BCUT2D eigenvalue weighted by Gasteiger charge is -2.32. The smallest absolute Gasteiger partial charge is 0.223 e. The number of likely N-dealkylation sites (tertiary alicyclic amines) is 1. The fourth-order valence-corrected chi connectivity index (χ4v) is 3.76. The van der Waals surface area contributed by atoms with E-state index in [0.717, 1.165) is 38.1 Å². The first-order valence-electron chi connectivity index (χ1n) is 10.2. The van der Waals surface area contributed by atoms with Crippen molar-refractivity contribution >= 4 is 11.7 Å². The molecule has 28 heavy (non-hydrogen) atoms. The molecule has 4 heteroatoms. The van der Waals surface area contributed by atoms with Crippen LogP contribution in [-0.2, 0) is 11.2 Å². The number of nitrogens with zero attached hydrogens (tertiary/aromatic N) is 1. The predicted molar refractivity (Wildman–Crippen MR) is 111 cm³/mol. The van der Waals surface area contributed by atoms with Crippen LogP contribution in [-0.4, -0.2) is 36.3 Å². The summed E-state index contributed by atoms with van der Waals surface area (Å²) in [5.41, 5.74) is 2.01. The molecule has 1 heterocycles. The van der Waals surface area contributed by atoms with Crippen molar-refractivity contribution in [2.45, 2.75) is 39.0 Å². The molecule has 0 saturated carbocycles. The second-order valence-electron chi connectivity index (χ2n) is 7.39. The Kier molecular flexibility index (Phi) is 7.24. The molecule has 1 amide bonds. The number of ketones is 1. The Labute approximate surface area is 167 Å². The van der Waals surface area contributed by atoms with Crippen LogP contribution in [0.15, 0.2) is 54.6 Å². The topological polar surface area (TPSA) is 46.6 Å². The van der Waals surface area contributed by atoms with E-state index in [9.17, 15) is 9.59 Å². The number of hydrogen-bond donors (Lipinski definition) is 0. The molecule has 0 radical (unpaired) electrons. The van der Waals surface area contributed by atoms with Gasteiger partial charge in [-0.3, -0.25) is 9.59 Å². The maximum Gasteiger partial charge on any atom is 0.223 e. The Hall–Kier alpha value is -2.62. The Morgan fingerprint density at radius 3 is 2.29 bits per heavy atom. The molecule has 3 rings (SSSR count). The Bertz CT molecular complexity index is 762. The van der Waals surface area contributed by atoms with Gasteiger partial charge in [-0.05, 0) is 61.9 Å². The second-order valence-corrected chi connectivity index (χ2v) is 7.39. The first kappa shape index (κ1) is 20.1. The Morgan fingerprint density at radius 2 is 1.64 bits per heavy atom. The number of carbonyl (C=O) groups is 2. The molecule has 0 bridgehead atoms. The van der Waals surface area contributed by atoms with Crippen LogP contribution in [0.1, 0.15) is 48.5 Å². The SMILES string of the molecule is CCOc1ccc(C(=O)CCC(=O)N2CCC(Cc3ccccc3)CC2)cc1. The summed E-state index contributed by atoms with van der Waals surface area (Å²) in [7, 11) is 0. The predicted octanol–water partition coefficient (Wildman–Crippen LogP) is 4.53. The summed E-state index contributed by atoms with van der Waals surface area (Å²) in [6.45, 7) is 4.13. The highest BCUT2D eigenvalue weighted by atomic mass is 16.5. The molecular weight excluding hydrogens is 350 g/mol. The lowest BCUT2D eigenvalue weighted by Crippen LogP contribution is -2.39. The molecule has 2 aromatic rings. The fourth-order valence-electron chi connectivity index (χ4n) is 3.76. The lowest BCUT2D eigenvalue weighted by atomic mass is 9.90. The minimum atomic E-state index is 0.00959. The van der Waals surface area contributed by atoms with E-state index in [1.165, 1.54) is 5.56 Å². The van der Waals surface area contributed by atoms with E-state index < -0.39 is 0 Å². The summed E-state index contributed by atoms with van der Waals surface area (Å²) in [4.78, 5) is 26.8. The summed E-state index contributed by atoms with van der Waals surface area (Å²) < 4.78 is 5.39. The van der Waals surface area contributed by atoms with E-state index >= 15 is 0 Å². The second kappa shape index (κ2) is 10.1. The number of carbonyl (C=O) groups excluding carboxylic acids is 2. The number of amides is 1. The number of Topliss-reactive ketones (excluding diaryl/α,β-unsaturated/α-hetero) is 1. The number of rotatable bonds is 8. The van der Waals surface area contributed by atoms with Crippen LogP contribution < -0.4 is 4.74 Å². The van der Waals surface area contributed by atoms with Crippen LogP contribution in [0, 0.1) is 5.92 Å². The van der Waals surface area contributed by atoms with Gasteiger partial charge >= 0.3 is 0 Å². The van der Waals surface area contributed by atoms with Crippen molar-refractivity contribution in [1.29, 1.82) is 0 Å². The van der Waals surface area contributed by atoms with Crippen LogP contribution in [0.5, 0.6) is 5.75 Å². The van der Waals surface area contributed by atoms with E-state index in [0.29, 0.717) is 18.1 Å². The van der Waals surface area contributed by atoms with Gasteiger partial charge in [-0.25, -0.2) is 0 Å². The molecule has 0 unspecified atom stereocenters. The van der Waals surface area contributed by atoms with Crippen LogP contribution in [0.4, 0.5) is 0 Å². The van der Waals surface area contributed by atoms with Crippen molar-refractivity contribution < 1.29 is 14.3 Å². The van der Waals surface area contributed by atoms with Crippen molar-refractivity contribution in [3.8, 4) is 5.75 Å². The molecule has 0 spiro atoms. The molecule has 1 saturated heterocycles. The summed E-state index contributed by atoms with van der Waals surface area (Å²) in [6.07, 6.45) is 3.70. The van der Waals surface area contributed by atoms with Crippen molar-refractivity contribution in [3.05, 3.63) is 65.7 Å². The van der Waals surface area contributed by atoms with Gasteiger partial charge in [0.05, 0.1) is 6.61 Å². The summed E-state index contributed by atoms with van der Waals surface area (Å²) >= 11 is 0. The molecule has 0 N–H and O–H groups in total. The molecular formula is C24H29NO3. The van der Waals surface area contributed by atoms with Crippen LogP contribution in [0.25, 0.3) is 0 Å². The van der Waals surface area contributed by atoms with Crippen LogP contribution in [0.2, 0.25) is 0 Å². The van der Waals surface area contributed by atoms with E-state index in [2.05, 4.69) is 24.3 Å². The van der Waals surface area contributed by atoms with Gasteiger partial charge in [-0.2, -0.15) is 0 Å². The van der Waals surface area contributed by atoms with E-state index in [1.807, 2.05) is 17.9 Å². The van der Waals surface area contributed by atoms with Crippen molar-refractivity contribution in [2.24, 2.45) is 5.92 Å². The van der Waals surface area contributed by atoms with Gasteiger partial charge in [0.25, 0.3) is 0 Å². The number of piperidine rings is 1. The number of hydrogen-bond acceptors (Lipinski definition) is 3. The fraction of sp³-hybridized carbons (Fsp3) is 0.417. The third-order valence-corrected chi connectivity index (χ3v) is 5.39. The number of benzene rings is 2. The molecule has 0 aromatic heterocycles. The number of ether oxygens (including phenoxy) is 1. The summed E-state index contributed by atoms with van der Waals surface area (Å²) in [5, 5.41) is 0. The Balaban J connectivity index is 1.41. The highest BCUT2D eigenvalue weighted by Crippen LogP contribution is 2.22. The summed E-state index contributed by atoms with van der Waals surface area (Å²) in [5.74, 6) is 1.50. The third kappa shape index (κ3) is 5.69. The van der Waals surface area contributed by atoms with Gasteiger partial charge in [-0.15, -0.1) is 0 Å². The van der Waals surface area contributed by atoms with Crippen molar-refractivity contribution in [3.63, 3.8) is 0 Å². The van der Waals surface area contributed by atoms with Crippen molar-refractivity contribution in [1.82, 2.24) is 4.90 Å². The van der Waals surface area contributed by atoms with E-state index in [-0.39, 0.29) is 24.5 Å².